The zero-order valence-corrected chi connectivity index (χ0v) is 14.8. The third-order valence-electron chi connectivity index (χ3n) is 5.83. The van der Waals surface area contributed by atoms with Gasteiger partial charge in [-0.1, -0.05) is 0 Å². The maximum atomic E-state index is 5.61. The lowest BCUT2D eigenvalue weighted by atomic mass is 9.99. The second-order valence-electron chi connectivity index (χ2n) is 7.88. The molecule has 5 rings (SSSR count). The molecule has 2 aromatic rings. The average Bonchev–Trinajstić information content (AvgIpc) is 3.34. The maximum absolute atomic E-state index is 5.61. The largest absolute Gasteiger partial charge is 0.381 e. The standard InChI is InChI=1S/C18H26N6O/c1-22(9-13-3-2-8-25-12-13)15-10-23(11-15)17-7-6-16-19-20-18(14-4-5-14)24(16)21-17/h6-7,13-15H,2-5,8-12H2,1H3. The monoisotopic (exact) mass is 342 g/mol. The SMILES string of the molecule is CN(CC1CCCOC1)C1CN(c2ccc3nnc(C4CC4)n3n2)C1. The molecule has 2 aliphatic heterocycles. The van der Waals surface area contributed by atoms with E-state index in [9.17, 15) is 0 Å². The van der Waals surface area contributed by atoms with Crippen LogP contribution in [0.4, 0.5) is 5.82 Å². The van der Waals surface area contributed by atoms with Crippen LogP contribution >= 0.6 is 0 Å². The minimum atomic E-state index is 0.561. The van der Waals surface area contributed by atoms with Crippen LogP contribution in [0, 0.1) is 5.92 Å². The molecule has 2 aromatic heterocycles. The van der Waals surface area contributed by atoms with Gasteiger partial charge < -0.3 is 9.64 Å². The molecule has 3 fully saturated rings. The number of nitrogens with zero attached hydrogens (tertiary/aromatic N) is 6. The molecule has 0 N–H and O–H groups in total. The minimum absolute atomic E-state index is 0.561. The molecule has 1 saturated carbocycles. The van der Waals surface area contributed by atoms with Crippen molar-refractivity contribution in [2.24, 2.45) is 5.92 Å². The molecule has 1 atom stereocenters. The molecule has 4 heterocycles. The van der Waals surface area contributed by atoms with E-state index in [4.69, 9.17) is 9.84 Å². The molecule has 0 aromatic carbocycles. The highest BCUT2D eigenvalue weighted by molar-refractivity contribution is 5.48. The van der Waals surface area contributed by atoms with Gasteiger partial charge in [-0.25, -0.2) is 0 Å². The molecule has 7 nitrogen and oxygen atoms in total. The fraction of sp³-hybridized carbons (Fsp3) is 0.722. The van der Waals surface area contributed by atoms with Gasteiger partial charge in [0.05, 0.1) is 6.61 Å². The molecule has 0 amide bonds. The summed E-state index contributed by atoms with van der Waals surface area (Å²) in [6, 6.07) is 4.73. The topological polar surface area (TPSA) is 58.8 Å². The van der Waals surface area contributed by atoms with E-state index < -0.39 is 0 Å². The number of ether oxygens (including phenoxy) is 1. The van der Waals surface area contributed by atoms with Crippen LogP contribution < -0.4 is 4.90 Å². The summed E-state index contributed by atoms with van der Waals surface area (Å²) in [7, 11) is 2.25. The highest BCUT2D eigenvalue weighted by atomic mass is 16.5. The summed E-state index contributed by atoms with van der Waals surface area (Å²) in [5, 5.41) is 13.4. The first-order valence-electron chi connectivity index (χ1n) is 9.53. The number of fused-ring (bicyclic) bond motifs is 1. The molecule has 0 spiro atoms. The van der Waals surface area contributed by atoms with Gasteiger partial charge in [-0.2, -0.15) is 4.52 Å². The Morgan fingerprint density at radius 3 is 2.84 bits per heavy atom. The molecule has 134 valence electrons. The Bertz CT molecular complexity index is 745. The summed E-state index contributed by atoms with van der Waals surface area (Å²) in [5.41, 5.74) is 0.858. The lowest BCUT2D eigenvalue weighted by molar-refractivity contribution is 0.0339. The van der Waals surface area contributed by atoms with Crippen LogP contribution in [0.25, 0.3) is 5.65 Å². The van der Waals surface area contributed by atoms with Crippen molar-refractivity contribution in [1.29, 1.82) is 0 Å². The van der Waals surface area contributed by atoms with Crippen molar-refractivity contribution >= 4 is 11.5 Å². The molecule has 2 saturated heterocycles. The molecule has 0 bridgehead atoms. The lowest BCUT2D eigenvalue weighted by Gasteiger charge is -2.45. The van der Waals surface area contributed by atoms with E-state index >= 15 is 0 Å². The van der Waals surface area contributed by atoms with Crippen LogP contribution in [-0.2, 0) is 4.74 Å². The van der Waals surface area contributed by atoms with Gasteiger partial charge in [0.25, 0.3) is 0 Å². The number of hydrogen-bond acceptors (Lipinski definition) is 6. The second-order valence-corrected chi connectivity index (χ2v) is 7.88. The Morgan fingerprint density at radius 1 is 1.20 bits per heavy atom. The van der Waals surface area contributed by atoms with Crippen LogP contribution in [0.1, 0.15) is 37.4 Å². The molecule has 7 heteroatoms. The Balaban J connectivity index is 1.22. The first-order valence-corrected chi connectivity index (χ1v) is 9.53. The number of rotatable bonds is 5. The van der Waals surface area contributed by atoms with E-state index in [2.05, 4.69) is 33.1 Å². The number of hydrogen-bond donors (Lipinski definition) is 0. The van der Waals surface area contributed by atoms with Gasteiger partial charge in [0.15, 0.2) is 11.5 Å². The van der Waals surface area contributed by atoms with E-state index in [-0.39, 0.29) is 0 Å². The molecular formula is C18H26N6O. The van der Waals surface area contributed by atoms with E-state index in [0.717, 1.165) is 50.1 Å². The van der Waals surface area contributed by atoms with E-state index in [1.54, 1.807) is 0 Å². The van der Waals surface area contributed by atoms with Gasteiger partial charge >= 0.3 is 0 Å². The molecule has 1 unspecified atom stereocenters. The predicted molar refractivity (Wildman–Crippen MR) is 94.9 cm³/mol. The summed E-state index contributed by atoms with van der Waals surface area (Å²) >= 11 is 0. The van der Waals surface area contributed by atoms with Gasteiger partial charge in [0.2, 0.25) is 0 Å². The van der Waals surface area contributed by atoms with Crippen molar-refractivity contribution in [3.8, 4) is 0 Å². The smallest absolute Gasteiger partial charge is 0.178 e. The van der Waals surface area contributed by atoms with Gasteiger partial charge in [0, 0.05) is 38.2 Å². The van der Waals surface area contributed by atoms with Crippen molar-refractivity contribution in [2.75, 3.05) is 44.8 Å². The second kappa shape index (κ2) is 6.21. The summed E-state index contributed by atoms with van der Waals surface area (Å²) < 4.78 is 7.56. The molecule has 3 aliphatic rings. The first kappa shape index (κ1) is 15.5. The van der Waals surface area contributed by atoms with Crippen LogP contribution in [-0.4, -0.2) is 70.6 Å². The molecular weight excluding hydrogens is 316 g/mol. The van der Waals surface area contributed by atoms with Crippen LogP contribution in [0.2, 0.25) is 0 Å². The zero-order valence-electron chi connectivity index (χ0n) is 14.8. The van der Waals surface area contributed by atoms with Gasteiger partial charge in [-0.3, -0.25) is 4.90 Å². The Kier molecular flexibility index (Phi) is 3.86. The summed E-state index contributed by atoms with van der Waals surface area (Å²) in [4.78, 5) is 4.86. The quantitative estimate of drug-likeness (QED) is 0.822. The number of anilines is 1. The maximum Gasteiger partial charge on any atom is 0.178 e. The predicted octanol–water partition coefficient (Wildman–Crippen LogP) is 1.55. The number of aromatic nitrogens is 4. The Morgan fingerprint density at radius 2 is 2.08 bits per heavy atom. The summed E-state index contributed by atoms with van der Waals surface area (Å²) in [5.74, 6) is 3.33. The molecule has 0 radical (unpaired) electrons. The average molecular weight is 342 g/mol. The fourth-order valence-corrected chi connectivity index (χ4v) is 3.99. The first-order chi connectivity index (χ1) is 12.3. The van der Waals surface area contributed by atoms with Gasteiger partial charge in [0.1, 0.15) is 5.82 Å². The van der Waals surface area contributed by atoms with Crippen LogP contribution in [0.3, 0.4) is 0 Å². The highest BCUT2D eigenvalue weighted by Crippen LogP contribution is 2.38. The van der Waals surface area contributed by atoms with E-state index in [1.165, 1.54) is 25.7 Å². The van der Waals surface area contributed by atoms with Crippen molar-refractivity contribution in [2.45, 2.75) is 37.6 Å². The van der Waals surface area contributed by atoms with Crippen molar-refractivity contribution in [1.82, 2.24) is 24.7 Å². The molecule has 25 heavy (non-hydrogen) atoms. The van der Waals surface area contributed by atoms with E-state index in [0.29, 0.717) is 17.9 Å². The lowest BCUT2D eigenvalue weighted by Crippen LogP contribution is -2.59. The van der Waals surface area contributed by atoms with Gasteiger partial charge in [-0.05, 0) is 50.8 Å². The normalized spacial score (nSPS) is 24.9. The Labute approximate surface area is 148 Å². The van der Waals surface area contributed by atoms with Crippen LogP contribution in [0.5, 0.6) is 0 Å². The van der Waals surface area contributed by atoms with E-state index in [1.807, 2.05) is 10.6 Å². The van der Waals surface area contributed by atoms with Crippen molar-refractivity contribution in [3.63, 3.8) is 0 Å². The number of likely N-dealkylation sites (N-methyl/N-ethyl adjacent to an activating group) is 1. The third-order valence-corrected chi connectivity index (χ3v) is 5.83. The summed E-state index contributed by atoms with van der Waals surface area (Å²) in [6.07, 6.45) is 4.94. The van der Waals surface area contributed by atoms with Crippen molar-refractivity contribution in [3.05, 3.63) is 18.0 Å². The minimum Gasteiger partial charge on any atom is -0.381 e. The van der Waals surface area contributed by atoms with Crippen molar-refractivity contribution < 1.29 is 4.74 Å². The van der Waals surface area contributed by atoms with Gasteiger partial charge in [-0.15, -0.1) is 15.3 Å². The Hall–Kier alpha value is -1.73. The summed E-state index contributed by atoms with van der Waals surface area (Å²) in [6.45, 7) is 5.10. The fourth-order valence-electron chi connectivity index (χ4n) is 3.99. The highest BCUT2D eigenvalue weighted by Gasteiger charge is 2.33. The van der Waals surface area contributed by atoms with Crippen LogP contribution in [0.15, 0.2) is 12.1 Å². The third kappa shape index (κ3) is 3.00. The zero-order chi connectivity index (χ0) is 16.8. The molecule has 1 aliphatic carbocycles.